The first-order valence-electron chi connectivity index (χ1n) is 6.10. The minimum absolute atomic E-state index is 0.508. The third kappa shape index (κ3) is 2.79. The summed E-state index contributed by atoms with van der Waals surface area (Å²) in [6, 6.07) is 8.68. The number of aryl methyl sites for hydroxylation is 1. The summed E-state index contributed by atoms with van der Waals surface area (Å²) >= 11 is 0.508. The van der Waals surface area contributed by atoms with Gasteiger partial charge in [0.2, 0.25) is 0 Å². The van der Waals surface area contributed by atoms with Crippen LogP contribution in [0, 0.1) is 12.8 Å². The zero-order valence-corrected chi connectivity index (χ0v) is 10.6. The van der Waals surface area contributed by atoms with E-state index in [1.165, 1.54) is 36.8 Å². The molecule has 0 radical (unpaired) electrons. The normalized spacial score (nSPS) is 25.6. The number of benzene rings is 1. The van der Waals surface area contributed by atoms with Crippen molar-refractivity contribution in [2.75, 3.05) is 5.75 Å². The van der Waals surface area contributed by atoms with E-state index in [-0.39, 0.29) is 0 Å². The highest BCUT2D eigenvalue weighted by atomic mass is 32.2. The average Bonchev–Trinajstić information content (AvgIpc) is 2.31. The Morgan fingerprint density at radius 2 is 1.88 bits per heavy atom. The molecular weight excluding hydrogens is 219 g/mol. The number of rotatable bonds is 3. The molecule has 0 saturated heterocycles. The van der Waals surface area contributed by atoms with Gasteiger partial charge >= 0.3 is 0 Å². The second kappa shape index (κ2) is 5.72. The first-order chi connectivity index (χ1) is 7.81. The minimum Gasteiger partial charge on any atom is -0.165 e. The van der Waals surface area contributed by atoms with Gasteiger partial charge in [-0.25, -0.2) is 0 Å². The highest BCUT2D eigenvalue weighted by Gasteiger charge is 2.23. The fourth-order valence-electron chi connectivity index (χ4n) is 2.77. The van der Waals surface area contributed by atoms with Gasteiger partial charge in [0.05, 0.1) is 0 Å². The van der Waals surface area contributed by atoms with Crippen LogP contribution in [0.5, 0.6) is 0 Å². The molecule has 1 aromatic carbocycles. The Morgan fingerprint density at radius 3 is 2.50 bits per heavy atom. The highest BCUT2D eigenvalue weighted by molar-refractivity contribution is 7.94. The van der Waals surface area contributed by atoms with Gasteiger partial charge < -0.3 is 0 Å². The standard InChI is InChI=1S/C14H19FS/c1-11-4-2-3-5-14(11)13-8-6-12(7-9-13)10-16-15/h2-5,12-13H,6-10H2,1H3. The molecule has 1 aliphatic rings. The molecule has 0 atom stereocenters. The SMILES string of the molecule is Cc1ccccc1C1CCC(CSF)CC1. The van der Waals surface area contributed by atoms with Crippen molar-refractivity contribution in [3.63, 3.8) is 0 Å². The molecule has 2 rings (SSSR count). The summed E-state index contributed by atoms with van der Waals surface area (Å²) in [5, 5.41) is 0. The largest absolute Gasteiger partial charge is 0.165 e. The Morgan fingerprint density at radius 1 is 1.19 bits per heavy atom. The van der Waals surface area contributed by atoms with E-state index in [1.54, 1.807) is 0 Å². The summed E-state index contributed by atoms with van der Waals surface area (Å²) < 4.78 is 12.2. The van der Waals surface area contributed by atoms with Crippen LogP contribution in [0.1, 0.15) is 42.7 Å². The maximum Gasteiger partial charge on any atom is 0.0445 e. The van der Waals surface area contributed by atoms with Crippen molar-refractivity contribution in [3.8, 4) is 0 Å². The zero-order chi connectivity index (χ0) is 11.4. The van der Waals surface area contributed by atoms with Crippen molar-refractivity contribution in [2.45, 2.75) is 38.5 Å². The molecule has 0 aliphatic heterocycles. The molecule has 0 aromatic heterocycles. The maximum atomic E-state index is 12.2. The molecule has 0 unspecified atom stereocenters. The summed E-state index contributed by atoms with van der Waals surface area (Å²) in [7, 11) is 0. The molecule has 0 N–H and O–H groups in total. The topological polar surface area (TPSA) is 0 Å². The quantitative estimate of drug-likeness (QED) is 0.722. The van der Waals surface area contributed by atoms with Gasteiger partial charge in [0.15, 0.2) is 0 Å². The lowest BCUT2D eigenvalue weighted by Gasteiger charge is -2.28. The molecule has 1 saturated carbocycles. The van der Waals surface area contributed by atoms with Crippen LogP contribution in [-0.4, -0.2) is 5.75 Å². The second-order valence-corrected chi connectivity index (χ2v) is 5.40. The predicted molar refractivity (Wildman–Crippen MR) is 69.4 cm³/mol. The Balaban J connectivity index is 1.96. The van der Waals surface area contributed by atoms with Crippen molar-refractivity contribution in [3.05, 3.63) is 35.4 Å². The molecule has 1 aliphatic carbocycles. The molecule has 0 spiro atoms. The van der Waals surface area contributed by atoms with Crippen molar-refractivity contribution >= 4 is 12.1 Å². The predicted octanol–water partition coefficient (Wildman–Crippen LogP) is 4.89. The average molecular weight is 238 g/mol. The van der Waals surface area contributed by atoms with Crippen LogP contribution in [-0.2, 0) is 0 Å². The minimum atomic E-state index is 0.508. The fraction of sp³-hybridized carbons (Fsp3) is 0.571. The first-order valence-corrected chi connectivity index (χ1v) is 6.99. The van der Waals surface area contributed by atoms with Crippen LogP contribution in [0.4, 0.5) is 3.89 Å². The van der Waals surface area contributed by atoms with Gasteiger partial charge in [-0.3, -0.25) is 0 Å². The van der Waals surface area contributed by atoms with Crippen LogP contribution in [0.25, 0.3) is 0 Å². The van der Waals surface area contributed by atoms with E-state index in [0.717, 1.165) is 0 Å². The van der Waals surface area contributed by atoms with Crippen molar-refractivity contribution in [2.24, 2.45) is 5.92 Å². The number of halogens is 1. The zero-order valence-electron chi connectivity index (χ0n) is 9.79. The third-order valence-electron chi connectivity index (χ3n) is 3.77. The Hall–Kier alpha value is -0.500. The van der Waals surface area contributed by atoms with Crippen molar-refractivity contribution in [1.82, 2.24) is 0 Å². The summed E-state index contributed by atoms with van der Waals surface area (Å²) in [5.74, 6) is 2.01. The molecule has 16 heavy (non-hydrogen) atoms. The van der Waals surface area contributed by atoms with E-state index in [2.05, 4.69) is 31.2 Å². The Labute approximate surface area is 102 Å². The lowest BCUT2D eigenvalue weighted by atomic mass is 9.78. The van der Waals surface area contributed by atoms with E-state index in [4.69, 9.17) is 0 Å². The van der Waals surface area contributed by atoms with Crippen LogP contribution in [0.15, 0.2) is 24.3 Å². The molecule has 0 amide bonds. The molecule has 0 nitrogen and oxygen atoms in total. The van der Waals surface area contributed by atoms with Gasteiger partial charge in [-0.1, -0.05) is 24.3 Å². The van der Waals surface area contributed by atoms with Crippen molar-refractivity contribution < 1.29 is 3.89 Å². The smallest absolute Gasteiger partial charge is 0.0445 e. The van der Waals surface area contributed by atoms with Crippen LogP contribution >= 0.6 is 12.1 Å². The molecule has 88 valence electrons. The van der Waals surface area contributed by atoms with Gasteiger partial charge in [-0.05, 0) is 55.6 Å². The van der Waals surface area contributed by atoms with Gasteiger partial charge in [-0.15, -0.1) is 0 Å². The number of hydrogen-bond donors (Lipinski definition) is 0. The van der Waals surface area contributed by atoms with Crippen LogP contribution in [0.3, 0.4) is 0 Å². The maximum absolute atomic E-state index is 12.2. The lowest BCUT2D eigenvalue weighted by Crippen LogP contribution is -2.15. The third-order valence-corrected chi connectivity index (χ3v) is 4.37. The van der Waals surface area contributed by atoms with Gasteiger partial charge in [-0.2, -0.15) is 3.89 Å². The molecule has 0 bridgehead atoms. The van der Waals surface area contributed by atoms with Gasteiger partial charge in [0, 0.05) is 17.9 Å². The van der Waals surface area contributed by atoms with E-state index in [0.29, 0.717) is 29.7 Å². The fourth-order valence-corrected chi connectivity index (χ4v) is 3.29. The van der Waals surface area contributed by atoms with E-state index >= 15 is 0 Å². The summed E-state index contributed by atoms with van der Waals surface area (Å²) in [4.78, 5) is 0. The number of hydrogen-bond acceptors (Lipinski definition) is 1. The summed E-state index contributed by atoms with van der Waals surface area (Å²) in [6.45, 7) is 2.19. The Kier molecular flexibility index (Phi) is 4.28. The molecular formula is C14H19FS. The molecule has 1 fully saturated rings. The van der Waals surface area contributed by atoms with Crippen molar-refractivity contribution in [1.29, 1.82) is 0 Å². The van der Waals surface area contributed by atoms with Gasteiger partial charge in [0.1, 0.15) is 0 Å². The first kappa shape index (κ1) is 12.0. The second-order valence-electron chi connectivity index (χ2n) is 4.85. The van der Waals surface area contributed by atoms with E-state index < -0.39 is 0 Å². The molecule has 0 heterocycles. The summed E-state index contributed by atoms with van der Waals surface area (Å²) in [6.07, 6.45) is 4.85. The van der Waals surface area contributed by atoms with Gasteiger partial charge in [0.25, 0.3) is 0 Å². The van der Waals surface area contributed by atoms with Crippen LogP contribution < -0.4 is 0 Å². The monoisotopic (exact) mass is 238 g/mol. The summed E-state index contributed by atoms with van der Waals surface area (Å²) in [5.41, 5.74) is 2.92. The highest BCUT2D eigenvalue weighted by Crippen LogP contribution is 2.37. The lowest BCUT2D eigenvalue weighted by molar-refractivity contribution is 0.351. The molecule has 2 heteroatoms. The molecule has 1 aromatic rings. The Bertz CT molecular complexity index is 329. The van der Waals surface area contributed by atoms with E-state index in [1.807, 2.05) is 0 Å². The van der Waals surface area contributed by atoms with E-state index in [9.17, 15) is 3.89 Å². The van der Waals surface area contributed by atoms with Crippen LogP contribution in [0.2, 0.25) is 0 Å².